The number of hydrogen-bond acceptors (Lipinski definition) is 2. The van der Waals surface area contributed by atoms with E-state index in [1.807, 2.05) is 12.1 Å². The molecule has 0 radical (unpaired) electrons. The van der Waals surface area contributed by atoms with Crippen molar-refractivity contribution in [1.29, 1.82) is 5.26 Å². The van der Waals surface area contributed by atoms with Crippen molar-refractivity contribution >= 4 is 16.5 Å². The molecule has 3 aromatic carbocycles. The van der Waals surface area contributed by atoms with Crippen molar-refractivity contribution < 1.29 is 0 Å². The van der Waals surface area contributed by atoms with Gasteiger partial charge in [-0.3, -0.25) is 0 Å². The molecular formula is C23H18N2. The highest BCUT2D eigenvalue weighted by Crippen LogP contribution is 2.50. The van der Waals surface area contributed by atoms with Gasteiger partial charge in [0.1, 0.15) is 6.07 Å². The Morgan fingerprint density at radius 1 is 0.960 bits per heavy atom. The van der Waals surface area contributed by atoms with Gasteiger partial charge in [0.15, 0.2) is 0 Å². The van der Waals surface area contributed by atoms with Gasteiger partial charge in [0.2, 0.25) is 0 Å². The quantitative estimate of drug-likeness (QED) is 0.597. The van der Waals surface area contributed by atoms with Crippen LogP contribution >= 0.6 is 0 Å². The van der Waals surface area contributed by atoms with Gasteiger partial charge < -0.3 is 5.32 Å². The molecule has 0 saturated carbocycles. The first-order valence-electron chi connectivity index (χ1n) is 8.80. The first-order valence-corrected chi connectivity index (χ1v) is 8.80. The lowest BCUT2D eigenvalue weighted by Crippen LogP contribution is -2.29. The molecule has 25 heavy (non-hydrogen) atoms. The average molecular weight is 322 g/mol. The van der Waals surface area contributed by atoms with E-state index in [2.05, 4.69) is 72.1 Å². The standard InChI is InChI=1S/C23H18N2/c24-14-18-7-3-9-21-19-8-4-10-20(19)22(25-23(18)21)17-12-11-15-5-1-2-6-16(15)13-17/h1-9,11-13,19-20,22,25H,10H2. The lowest BCUT2D eigenvalue weighted by atomic mass is 9.76. The summed E-state index contributed by atoms with van der Waals surface area (Å²) in [6.07, 6.45) is 5.68. The van der Waals surface area contributed by atoms with Crippen LogP contribution in [-0.4, -0.2) is 0 Å². The molecule has 0 amide bonds. The molecule has 0 fully saturated rings. The molecular weight excluding hydrogens is 304 g/mol. The van der Waals surface area contributed by atoms with E-state index >= 15 is 0 Å². The van der Waals surface area contributed by atoms with Gasteiger partial charge in [-0.25, -0.2) is 0 Å². The number of para-hydroxylation sites is 1. The summed E-state index contributed by atoms with van der Waals surface area (Å²) in [7, 11) is 0. The van der Waals surface area contributed by atoms with Crippen LogP contribution < -0.4 is 5.32 Å². The summed E-state index contributed by atoms with van der Waals surface area (Å²) in [4.78, 5) is 0. The maximum atomic E-state index is 9.52. The molecule has 0 spiro atoms. The Balaban J connectivity index is 1.65. The Morgan fingerprint density at radius 3 is 2.72 bits per heavy atom. The summed E-state index contributed by atoms with van der Waals surface area (Å²) in [6, 6.07) is 23.9. The molecule has 1 aliphatic carbocycles. The minimum atomic E-state index is 0.228. The smallest absolute Gasteiger partial charge is 0.101 e. The third-order valence-corrected chi connectivity index (χ3v) is 5.65. The van der Waals surface area contributed by atoms with Gasteiger partial charge in [0, 0.05) is 5.92 Å². The largest absolute Gasteiger partial charge is 0.377 e. The average Bonchev–Trinajstić information content (AvgIpc) is 3.16. The second-order valence-corrected chi connectivity index (χ2v) is 6.96. The van der Waals surface area contributed by atoms with Crippen LogP contribution in [0.5, 0.6) is 0 Å². The molecule has 3 aromatic rings. The highest BCUT2D eigenvalue weighted by Gasteiger charge is 2.38. The predicted octanol–water partition coefficient (Wildman–Crippen LogP) is 5.54. The van der Waals surface area contributed by atoms with Crippen LogP contribution in [0.4, 0.5) is 5.69 Å². The number of nitrogens with one attached hydrogen (secondary N) is 1. The van der Waals surface area contributed by atoms with E-state index in [0.717, 1.165) is 17.7 Å². The van der Waals surface area contributed by atoms with Crippen LogP contribution in [0.2, 0.25) is 0 Å². The van der Waals surface area contributed by atoms with E-state index in [-0.39, 0.29) is 6.04 Å². The Kier molecular flexibility index (Phi) is 3.15. The van der Waals surface area contributed by atoms with Crippen molar-refractivity contribution in [2.75, 3.05) is 5.32 Å². The van der Waals surface area contributed by atoms with E-state index < -0.39 is 0 Å². The van der Waals surface area contributed by atoms with Crippen LogP contribution in [0.15, 0.2) is 72.8 Å². The molecule has 1 heterocycles. The van der Waals surface area contributed by atoms with Crippen LogP contribution in [0.3, 0.4) is 0 Å². The van der Waals surface area contributed by atoms with Gasteiger partial charge in [-0.2, -0.15) is 5.26 Å². The van der Waals surface area contributed by atoms with Crippen molar-refractivity contribution in [1.82, 2.24) is 0 Å². The van der Waals surface area contributed by atoms with E-state index in [0.29, 0.717) is 11.8 Å². The molecule has 3 unspecified atom stereocenters. The number of hydrogen-bond donors (Lipinski definition) is 1. The predicted molar refractivity (Wildman–Crippen MR) is 101 cm³/mol. The fraction of sp³-hybridized carbons (Fsp3) is 0.174. The molecule has 3 atom stereocenters. The van der Waals surface area contributed by atoms with Crippen LogP contribution in [0.1, 0.15) is 35.1 Å². The molecule has 1 aliphatic heterocycles. The molecule has 2 nitrogen and oxygen atoms in total. The second-order valence-electron chi connectivity index (χ2n) is 6.96. The summed E-state index contributed by atoms with van der Waals surface area (Å²) in [5, 5.41) is 15.8. The van der Waals surface area contributed by atoms with Crippen molar-refractivity contribution in [3.05, 3.63) is 89.5 Å². The van der Waals surface area contributed by atoms with Gasteiger partial charge in [0.05, 0.1) is 17.3 Å². The monoisotopic (exact) mass is 322 g/mol. The van der Waals surface area contributed by atoms with Crippen molar-refractivity contribution in [2.45, 2.75) is 18.4 Å². The lowest BCUT2D eigenvalue weighted by Gasteiger charge is -2.38. The minimum absolute atomic E-state index is 0.228. The highest BCUT2D eigenvalue weighted by atomic mass is 15.0. The summed E-state index contributed by atoms with van der Waals surface area (Å²) in [5.74, 6) is 0.892. The van der Waals surface area contributed by atoms with Crippen molar-refractivity contribution in [2.24, 2.45) is 5.92 Å². The zero-order valence-corrected chi connectivity index (χ0v) is 13.8. The van der Waals surface area contributed by atoms with Gasteiger partial charge in [0.25, 0.3) is 0 Å². The number of allylic oxidation sites excluding steroid dienone is 2. The van der Waals surface area contributed by atoms with Gasteiger partial charge in [-0.15, -0.1) is 0 Å². The zero-order chi connectivity index (χ0) is 16.8. The highest BCUT2D eigenvalue weighted by molar-refractivity contribution is 5.83. The Morgan fingerprint density at radius 2 is 1.84 bits per heavy atom. The summed E-state index contributed by atoms with van der Waals surface area (Å²) < 4.78 is 0. The number of benzene rings is 3. The van der Waals surface area contributed by atoms with E-state index in [1.54, 1.807) is 0 Å². The summed E-state index contributed by atoms with van der Waals surface area (Å²) in [6.45, 7) is 0. The van der Waals surface area contributed by atoms with Crippen molar-refractivity contribution in [3.8, 4) is 6.07 Å². The first kappa shape index (κ1) is 14.3. The van der Waals surface area contributed by atoms with Crippen molar-refractivity contribution in [3.63, 3.8) is 0 Å². The molecule has 0 saturated heterocycles. The summed E-state index contributed by atoms with van der Waals surface area (Å²) in [5.41, 5.74) is 4.31. The number of nitriles is 1. The minimum Gasteiger partial charge on any atom is -0.377 e. The molecule has 5 rings (SSSR count). The molecule has 0 bridgehead atoms. The third kappa shape index (κ3) is 2.16. The van der Waals surface area contributed by atoms with Gasteiger partial charge >= 0.3 is 0 Å². The summed E-state index contributed by atoms with van der Waals surface area (Å²) >= 11 is 0. The number of fused-ring (bicyclic) bond motifs is 4. The lowest BCUT2D eigenvalue weighted by molar-refractivity contribution is 0.425. The third-order valence-electron chi connectivity index (χ3n) is 5.65. The van der Waals surface area contributed by atoms with Crippen LogP contribution in [0.25, 0.3) is 10.8 Å². The second kappa shape index (κ2) is 5.50. The van der Waals surface area contributed by atoms with E-state index in [4.69, 9.17) is 0 Å². The fourth-order valence-electron chi connectivity index (χ4n) is 4.45. The number of nitrogens with zero attached hydrogens (tertiary/aromatic N) is 1. The van der Waals surface area contributed by atoms with Crippen LogP contribution in [-0.2, 0) is 0 Å². The zero-order valence-electron chi connectivity index (χ0n) is 13.8. The van der Waals surface area contributed by atoms with Gasteiger partial charge in [-0.1, -0.05) is 60.7 Å². The molecule has 1 N–H and O–H groups in total. The molecule has 2 heteroatoms. The van der Waals surface area contributed by atoms with Crippen LogP contribution in [0, 0.1) is 17.2 Å². The number of rotatable bonds is 1. The Hall–Kier alpha value is -3.05. The normalized spacial score (nSPS) is 23.6. The maximum absolute atomic E-state index is 9.52. The number of anilines is 1. The van der Waals surface area contributed by atoms with E-state index in [1.165, 1.54) is 21.9 Å². The molecule has 120 valence electrons. The maximum Gasteiger partial charge on any atom is 0.101 e. The molecule has 2 aliphatic rings. The topological polar surface area (TPSA) is 35.8 Å². The van der Waals surface area contributed by atoms with Gasteiger partial charge in [-0.05, 0) is 46.4 Å². The van der Waals surface area contributed by atoms with E-state index in [9.17, 15) is 5.26 Å². The molecule has 0 aromatic heterocycles. The SMILES string of the molecule is N#Cc1cccc2c1NC(c1ccc3ccccc3c1)C1CC=CC21. The Labute approximate surface area is 147 Å². The fourth-order valence-corrected chi connectivity index (χ4v) is 4.45. The Bertz CT molecular complexity index is 1040. The first-order chi connectivity index (χ1) is 12.3.